The first-order chi connectivity index (χ1) is 20.3. The Balaban J connectivity index is 1.06. The van der Waals surface area contributed by atoms with Crippen molar-refractivity contribution >= 4 is 11.0 Å². The van der Waals surface area contributed by atoms with Crippen LogP contribution >= 0.6 is 0 Å². The van der Waals surface area contributed by atoms with Crippen LogP contribution in [0.3, 0.4) is 0 Å². The zero-order valence-electron chi connectivity index (χ0n) is 23.3. The first-order valence-electron chi connectivity index (χ1n) is 15.6. The average molecular weight is 541 g/mol. The molecule has 6 heteroatoms. The lowest BCUT2D eigenvalue weighted by Gasteiger charge is -2.23. The van der Waals surface area contributed by atoms with Gasteiger partial charge in [0.15, 0.2) is 0 Å². The molecule has 2 aromatic heterocycles. The van der Waals surface area contributed by atoms with Crippen LogP contribution in [0.1, 0.15) is 91.6 Å². The van der Waals surface area contributed by atoms with Crippen LogP contribution in [0.4, 0.5) is 0 Å². The molecule has 3 unspecified atom stereocenters. The lowest BCUT2D eigenvalue weighted by Crippen LogP contribution is -2.14. The maximum atomic E-state index is 4.92. The van der Waals surface area contributed by atoms with Gasteiger partial charge in [-0.3, -0.25) is 0 Å². The summed E-state index contributed by atoms with van der Waals surface area (Å²) in [6, 6.07) is 21.4. The number of imidazole rings is 2. The summed E-state index contributed by atoms with van der Waals surface area (Å²) >= 11 is 0. The van der Waals surface area contributed by atoms with Crippen LogP contribution in [0, 0.1) is 0 Å². The molecule has 4 N–H and O–H groups in total. The van der Waals surface area contributed by atoms with Gasteiger partial charge in [0.2, 0.25) is 0 Å². The fourth-order valence-electron chi connectivity index (χ4n) is 8.21. The number of hydrogen-bond donors (Lipinski definition) is 4. The van der Waals surface area contributed by atoms with Crippen molar-refractivity contribution in [2.24, 2.45) is 0 Å². The molecule has 2 aliphatic carbocycles. The van der Waals surface area contributed by atoms with E-state index in [1.54, 1.807) is 11.1 Å². The average Bonchev–Trinajstić information content (AvgIpc) is 3.86. The lowest BCUT2D eigenvalue weighted by molar-refractivity contribution is 0.613. The summed E-state index contributed by atoms with van der Waals surface area (Å²) in [6.07, 6.45) is 10.7. The molecule has 9 rings (SSSR count). The first-order valence-corrected chi connectivity index (χ1v) is 15.6. The largest absolute Gasteiger partial charge is 0.341 e. The van der Waals surface area contributed by atoms with Crippen LogP contribution < -0.4 is 10.6 Å². The second kappa shape index (κ2) is 9.40. The minimum absolute atomic E-state index is 0.358. The third-order valence-electron chi connectivity index (χ3n) is 10.2. The van der Waals surface area contributed by atoms with Crippen LogP contribution in [-0.2, 0) is 0 Å². The van der Waals surface area contributed by atoms with Crippen molar-refractivity contribution in [3.8, 4) is 33.5 Å². The highest BCUT2D eigenvalue weighted by Crippen LogP contribution is 2.58. The quantitative estimate of drug-likeness (QED) is 0.186. The Morgan fingerprint density at radius 1 is 0.634 bits per heavy atom. The number of rotatable bonds is 5. The number of aromatic nitrogens is 4. The van der Waals surface area contributed by atoms with Gasteiger partial charge in [0, 0.05) is 0 Å². The van der Waals surface area contributed by atoms with E-state index in [1.165, 1.54) is 59.9 Å². The molecule has 4 aliphatic rings. The monoisotopic (exact) mass is 540 g/mol. The van der Waals surface area contributed by atoms with Gasteiger partial charge < -0.3 is 20.6 Å². The molecule has 0 radical (unpaired) electrons. The number of nitrogens with zero attached hydrogens (tertiary/aromatic N) is 2. The van der Waals surface area contributed by atoms with Crippen LogP contribution in [0.5, 0.6) is 0 Å². The van der Waals surface area contributed by atoms with Gasteiger partial charge in [0.25, 0.3) is 0 Å². The molecular weight excluding hydrogens is 504 g/mol. The predicted octanol–water partition coefficient (Wildman–Crippen LogP) is 7.50. The fraction of sp³-hybridized carbons (Fsp3) is 0.371. The zero-order chi connectivity index (χ0) is 26.9. The summed E-state index contributed by atoms with van der Waals surface area (Å²) < 4.78 is 0. The van der Waals surface area contributed by atoms with E-state index in [4.69, 9.17) is 4.98 Å². The standard InChI is InChI=1S/C35H36N6/c1-3-28(36-15-1)34-38-19-31(41-34)21-7-5-20(6-8-21)25-12-13-26(33-24-10-9-23(17-24)32(25)33)22-11-14-27-30(18-22)40-35(39-27)29-4-2-16-37-29/h5-8,11-14,18-19,23-24,28-29,36-37H,1-4,9-10,15-17H2,(H,38,41)(H,39,40)/t23?,24?,28-,29?/m0/s1. The second-order valence-electron chi connectivity index (χ2n) is 12.6. The van der Waals surface area contributed by atoms with Crippen molar-refractivity contribution in [2.45, 2.75) is 68.9 Å². The highest BCUT2D eigenvalue weighted by Gasteiger charge is 2.40. The van der Waals surface area contributed by atoms with E-state index in [0.717, 1.165) is 54.3 Å². The number of fused-ring (bicyclic) bond motifs is 6. The Morgan fingerprint density at radius 2 is 1.29 bits per heavy atom. The maximum absolute atomic E-state index is 4.92. The molecule has 3 aromatic carbocycles. The first kappa shape index (κ1) is 23.9. The van der Waals surface area contributed by atoms with Crippen molar-refractivity contribution in [2.75, 3.05) is 13.1 Å². The summed E-state index contributed by atoms with van der Waals surface area (Å²) in [5.41, 5.74) is 13.2. The fourth-order valence-corrected chi connectivity index (χ4v) is 8.21. The van der Waals surface area contributed by atoms with E-state index in [-0.39, 0.29) is 0 Å². The molecule has 2 bridgehead atoms. The highest BCUT2D eigenvalue weighted by atomic mass is 15.0. The number of benzene rings is 3. The minimum Gasteiger partial charge on any atom is -0.341 e. The predicted molar refractivity (Wildman–Crippen MR) is 164 cm³/mol. The molecule has 2 saturated heterocycles. The van der Waals surface area contributed by atoms with E-state index >= 15 is 0 Å². The van der Waals surface area contributed by atoms with Gasteiger partial charge in [-0.1, -0.05) is 42.5 Å². The van der Waals surface area contributed by atoms with E-state index < -0.39 is 0 Å². The summed E-state index contributed by atoms with van der Waals surface area (Å²) in [4.78, 5) is 16.8. The second-order valence-corrected chi connectivity index (χ2v) is 12.6. The van der Waals surface area contributed by atoms with Gasteiger partial charge in [-0.15, -0.1) is 0 Å². The zero-order valence-corrected chi connectivity index (χ0v) is 23.3. The molecule has 4 heterocycles. The van der Waals surface area contributed by atoms with Gasteiger partial charge in [-0.2, -0.15) is 0 Å². The SMILES string of the molecule is c1cc(-c2ccc(-c3ccc4nc(C5CCCN5)[nH]c4c3)c3c2C2CCC3C2)ccc1-c1cnc([C@@H]2CCCN2)[nH]1. The number of aromatic amines is 2. The van der Waals surface area contributed by atoms with Gasteiger partial charge in [0.1, 0.15) is 11.6 Å². The number of nitrogens with one attached hydrogen (secondary N) is 4. The van der Waals surface area contributed by atoms with Gasteiger partial charge >= 0.3 is 0 Å². The molecule has 4 atom stereocenters. The highest BCUT2D eigenvalue weighted by molar-refractivity contribution is 5.86. The van der Waals surface area contributed by atoms with Gasteiger partial charge in [-0.05, 0) is 121 Å². The smallest absolute Gasteiger partial charge is 0.124 e. The molecule has 0 spiro atoms. The Hall–Kier alpha value is -3.74. The van der Waals surface area contributed by atoms with E-state index in [9.17, 15) is 0 Å². The Morgan fingerprint density at radius 3 is 2.00 bits per heavy atom. The molecule has 206 valence electrons. The van der Waals surface area contributed by atoms with Gasteiger partial charge in [-0.25, -0.2) is 9.97 Å². The van der Waals surface area contributed by atoms with Crippen molar-refractivity contribution in [3.05, 3.63) is 83.6 Å². The third-order valence-corrected chi connectivity index (χ3v) is 10.2. The van der Waals surface area contributed by atoms with Gasteiger partial charge in [0.05, 0.1) is 35.0 Å². The van der Waals surface area contributed by atoms with Crippen molar-refractivity contribution in [1.29, 1.82) is 0 Å². The topological polar surface area (TPSA) is 81.4 Å². The summed E-state index contributed by atoms with van der Waals surface area (Å²) in [6.45, 7) is 2.16. The molecule has 6 nitrogen and oxygen atoms in total. The molecule has 5 aromatic rings. The molecule has 0 amide bonds. The van der Waals surface area contributed by atoms with Crippen LogP contribution in [0.2, 0.25) is 0 Å². The lowest BCUT2D eigenvalue weighted by atomic mass is 9.81. The van der Waals surface area contributed by atoms with E-state index in [0.29, 0.717) is 23.9 Å². The van der Waals surface area contributed by atoms with E-state index in [2.05, 4.69) is 80.2 Å². The molecule has 2 aliphatic heterocycles. The molecule has 41 heavy (non-hydrogen) atoms. The molecular formula is C35H36N6. The van der Waals surface area contributed by atoms with E-state index in [1.807, 2.05) is 6.20 Å². The summed E-state index contributed by atoms with van der Waals surface area (Å²) in [5, 5.41) is 7.12. The normalized spacial score (nSPS) is 25.0. The summed E-state index contributed by atoms with van der Waals surface area (Å²) in [5.74, 6) is 3.49. The Labute approximate surface area is 240 Å². The summed E-state index contributed by atoms with van der Waals surface area (Å²) in [7, 11) is 0. The van der Waals surface area contributed by atoms with Crippen molar-refractivity contribution < 1.29 is 0 Å². The third kappa shape index (κ3) is 3.92. The van der Waals surface area contributed by atoms with Crippen LogP contribution in [0.25, 0.3) is 44.5 Å². The number of hydrogen-bond acceptors (Lipinski definition) is 4. The number of H-pyrrole nitrogens is 2. The Kier molecular flexibility index (Phi) is 5.48. The molecule has 3 fully saturated rings. The van der Waals surface area contributed by atoms with Crippen molar-refractivity contribution in [3.63, 3.8) is 0 Å². The van der Waals surface area contributed by atoms with Crippen LogP contribution in [-0.4, -0.2) is 33.0 Å². The van der Waals surface area contributed by atoms with Crippen LogP contribution in [0.15, 0.2) is 60.8 Å². The Bertz CT molecular complexity index is 1750. The molecule has 1 saturated carbocycles. The maximum Gasteiger partial charge on any atom is 0.124 e. The van der Waals surface area contributed by atoms with Crippen molar-refractivity contribution in [1.82, 2.24) is 30.6 Å². The minimum atomic E-state index is 0.358.